The lowest BCUT2D eigenvalue weighted by atomic mass is 9.94. The quantitative estimate of drug-likeness (QED) is 0.886. The van der Waals surface area contributed by atoms with E-state index >= 15 is 0 Å². The van der Waals surface area contributed by atoms with Gasteiger partial charge in [-0.3, -0.25) is 14.8 Å². The highest BCUT2D eigenvalue weighted by Gasteiger charge is 2.21. The van der Waals surface area contributed by atoms with Crippen molar-refractivity contribution in [2.75, 3.05) is 0 Å². The summed E-state index contributed by atoms with van der Waals surface area (Å²) in [5.74, 6) is 1.35. The van der Waals surface area contributed by atoms with Crippen molar-refractivity contribution in [1.82, 2.24) is 10.3 Å². The molecular formula is C22H27N3O. The van der Waals surface area contributed by atoms with Gasteiger partial charge in [0.15, 0.2) is 0 Å². The topological polar surface area (TPSA) is 54.4 Å². The van der Waals surface area contributed by atoms with E-state index in [1.54, 1.807) is 0 Å². The molecule has 0 radical (unpaired) electrons. The van der Waals surface area contributed by atoms with Gasteiger partial charge in [0, 0.05) is 35.8 Å². The standard InChI is InChI=1S/C22H27N3O/c1-15(16-8-6-5-7-9-16)10-19(26)12-18-11-17-13-24-21(20(17)14-23-18)25-22(2,3)4/h5-9,11,14-15H,10,12-13H2,1-4H3,(H,24,25)/t15-/m0/s1. The van der Waals surface area contributed by atoms with Gasteiger partial charge in [-0.15, -0.1) is 0 Å². The van der Waals surface area contributed by atoms with Gasteiger partial charge in [-0.05, 0) is 43.9 Å². The molecule has 1 atom stereocenters. The fraction of sp³-hybridized carbons (Fsp3) is 0.409. The Hall–Kier alpha value is -2.49. The molecule has 1 N–H and O–H groups in total. The first-order valence-electron chi connectivity index (χ1n) is 9.19. The summed E-state index contributed by atoms with van der Waals surface area (Å²) in [5, 5.41) is 3.42. The molecular weight excluding hydrogens is 322 g/mol. The van der Waals surface area contributed by atoms with E-state index in [4.69, 9.17) is 0 Å². The van der Waals surface area contributed by atoms with E-state index in [0.717, 1.165) is 22.7 Å². The van der Waals surface area contributed by atoms with Crippen LogP contribution >= 0.6 is 0 Å². The monoisotopic (exact) mass is 349 g/mol. The van der Waals surface area contributed by atoms with Crippen molar-refractivity contribution >= 4 is 11.6 Å². The summed E-state index contributed by atoms with van der Waals surface area (Å²) in [6.45, 7) is 9.09. The van der Waals surface area contributed by atoms with Crippen molar-refractivity contribution in [1.29, 1.82) is 0 Å². The summed E-state index contributed by atoms with van der Waals surface area (Å²) in [4.78, 5) is 21.6. The van der Waals surface area contributed by atoms with Crippen molar-refractivity contribution in [2.24, 2.45) is 4.99 Å². The number of nitrogens with one attached hydrogen (secondary N) is 1. The van der Waals surface area contributed by atoms with E-state index in [1.165, 1.54) is 5.56 Å². The second kappa shape index (κ2) is 7.40. The largest absolute Gasteiger partial charge is 0.365 e. The first kappa shape index (κ1) is 18.3. The van der Waals surface area contributed by atoms with Gasteiger partial charge in [0.25, 0.3) is 0 Å². The van der Waals surface area contributed by atoms with Crippen LogP contribution in [0.2, 0.25) is 0 Å². The van der Waals surface area contributed by atoms with Gasteiger partial charge in [0.1, 0.15) is 11.6 Å². The van der Waals surface area contributed by atoms with Crippen LogP contribution < -0.4 is 5.32 Å². The van der Waals surface area contributed by atoms with E-state index in [9.17, 15) is 4.79 Å². The van der Waals surface area contributed by atoms with Gasteiger partial charge in [-0.1, -0.05) is 37.3 Å². The molecule has 0 aliphatic carbocycles. The van der Waals surface area contributed by atoms with E-state index in [-0.39, 0.29) is 17.2 Å². The van der Waals surface area contributed by atoms with Crippen molar-refractivity contribution in [3.63, 3.8) is 0 Å². The molecule has 1 aliphatic heterocycles. The smallest absolute Gasteiger partial charge is 0.139 e. The number of nitrogens with zero attached hydrogens (tertiary/aromatic N) is 2. The number of fused-ring (bicyclic) bond motifs is 1. The minimum absolute atomic E-state index is 0.0390. The SMILES string of the molecule is C[C@@H](CC(=O)Cc1cc2c(cn1)C(NC(C)(C)C)=NC2)c1ccccc1. The third kappa shape index (κ3) is 4.57. The molecule has 0 spiro atoms. The molecule has 2 heterocycles. The number of aromatic nitrogens is 1. The predicted octanol–water partition coefficient (Wildman–Crippen LogP) is 4.04. The zero-order valence-corrected chi connectivity index (χ0v) is 16.0. The number of carbonyl (C=O) groups is 1. The van der Waals surface area contributed by atoms with Crippen molar-refractivity contribution in [2.45, 2.75) is 58.5 Å². The Morgan fingerprint density at radius 3 is 2.65 bits per heavy atom. The lowest BCUT2D eigenvalue weighted by Crippen LogP contribution is -2.40. The zero-order valence-electron chi connectivity index (χ0n) is 16.0. The minimum Gasteiger partial charge on any atom is -0.365 e. The number of rotatable bonds is 5. The van der Waals surface area contributed by atoms with Crippen LogP contribution in [-0.4, -0.2) is 22.1 Å². The van der Waals surface area contributed by atoms with E-state index in [0.29, 0.717) is 19.4 Å². The van der Waals surface area contributed by atoms with Crippen LogP contribution in [0.3, 0.4) is 0 Å². The molecule has 0 unspecified atom stereocenters. The van der Waals surface area contributed by atoms with Gasteiger partial charge >= 0.3 is 0 Å². The Balaban J connectivity index is 1.63. The summed E-state index contributed by atoms with van der Waals surface area (Å²) in [6.07, 6.45) is 2.77. The number of amidine groups is 1. The van der Waals surface area contributed by atoms with E-state index in [2.05, 4.69) is 55.1 Å². The minimum atomic E-state index is -0.0390. The highest BCUT2D eigenvalue weighted by Crippen LogP contribution is 2.22. The average Bonchev–Trinajstić information content (AvgIpc) is 2.96. The van der Waals surface area contributed by atoms with Crippen LogP contribution in [0.25, 0.3) is 0 Å². The second-order valence-corrected chi connectivity index (χ2v) is 8.10. The van der Waals surface area contributed by atoms with Crippen LogP contribution in [0.15, 0.2) is 47.6 Å². The summed E-state index contributed by atoms with van der Waals surface area (Å²) in [7, 11) is 0. The van der Waals surface area contributed by atoms with Gasteiger partial charge in [0.05, 0.1) is 6.54 Å². The van der Waals surface area contributed by atoms with E-state index in [1.807, 2.05) is 30.5 Å². The summed E-state index contributed by atoms with van der Waals surface area (Å²) in [5.41, 5.74) is 4.19. The molecule has 2 aromatic rings. The third-order valence-electron chi connectivity index (χ3n) is 4.48. The van der Waals surface area contributed by atoms with Crippen LogP contribution in [0.5, 0.6) is 0 Å². The molecule has 0 saturated heterocycles. The molecule has 4 heteroatoms. The molecule has 1 aliphatic rings. The molecule has 4 nitrogen and oxygen atoms in total. The van der Waals surface area contributed by atoms with Gasteiger partial charge in [0.2, 0.25) is 0 Å². The maximum atomic E-state index is 12.5. The number of aliphatic imine (C=N–C) groups is 1. The second-order valence-electron chi connectivity index (χ2n) is 8.10. The van der Waals surface area contributed by atoms with Gasteiger partial charge in [-0.2, -0.15) is 0 Å². The van der Waals surface area contributed by atoms with Crippen LogP contribution in [0.4, 0.5) is 0 Å². The van der Waals surface area contributed by atoms with Crippen LogP contribution in [0, 0.1) is 0 Å². The highest BCUT2D eigenvalue weighted by molar-refractivity contribution is 6.02. The zero-order chi connectivity index (χ0) is 18.7. The lowest BCUT2D eigenvalue weighted by molar-refractivity contribution is -0.118. The van der Waals surface area contributed by atoms with Crippen molar-refractivity contribution in [3.05, 3.63) is 65.0 Å². The molecule has 1 aromatic carbocycles. The van der Waals surface area contributed by atoms with Crippen molar-refractivity contribution < 1.29 is 4.79 Å². The Kier molecular flexibility index (Phi) is 5.21. The number of carbonyl (C=O) groups excluding carboxylic acids is 1. The number of benzene rings is 1. The summed E-state index contributed by atoms with van der Waals surface area (Å²) in [6, 6.07) is 12.2. The summed E-state index contributed by atoms with van der Waals surface area (Å²) < 4.78 is 0. The van der Waals surface area contributed by atoms with Gasteiger partial charge < -0.3 is 5.32 Å². The normalized spacial score (nSPS) is 14.5. The fourth-order valence-corrected chi connectivity index (χ4v) is 3.21. The molecule has 0 bridgehead atoms. The van der Waals surface area contributed by atoms with E-state index < -0.39 is 0 Å². The number of ketones is 1. The van der Waals surface area contributed by atoms with Gasteiger partial charge in [-0.25, -0.2) is 0 Å². The predicted molar refractivity (Wildman–Crippen MR) is 106 cm³/mol. The number of hydrogen-bond donors (Lipinski definition) is 1. The van der Waals surface area contributed by atoms with Crippen LogP contribution in [-0.2, 0) is 17.8 Å². The molecule has 3 rings (SSSR count). The summed E-state index contributed by atoms with van der Waals surface area (Å²) >= 11 is 0. The molecule has 136 valence electrons. The molecule has 26 heavy (non-hydrogen) atoms. The number of Topliss-reactive ketones (excluding diaryl/α,β-unsaturated/α-hetero) is 1. The fourth-order valence-electron chi connectivity index (χ4n) is 3.21. The first-order valence-corrected chi connectivity index (χ1v) is 9.19. The molecule has 0 amide bonds. The number of hydrogen-bond acceptors (Lipinski definition) is 4. The Morgan fingerprint density at radius 2 is 1.96 bits per heavy atom. The average molecular weight is 349 g/mol. The number of pyridine rings is 1. The Morgan fingerprint density at radius 1 is 1.23 bits per heavy atom. The highest BCUT2D eigenvalue weighted by atomic mass is 16.1. The first-order chi connectivity index (χ1) is 12.3. The Bertz CT molecular complexity index is 819. The Labute approximate surface area is 155 Å². The van der Waals surface area contributed by atoms with Crippen molar-refractivity contribution in [3.8, 4) is 0 Å². The molecule has 0 saturated carbocycles. The lowest BCUT2D eigenvalue weighted by Gasteiger charge is -2.22. The molecule has 0 fully saturated rings. The van der Waals surface area contributed by atoms with Crippen LogP contribution in [0.1, 0.15) is 62.4 Å². The maximum Gasteiger partial charge on any atom is 0.139 e. The third-order valence-corrected chi connectivity index (χ3v) is 4.48. The molecule has 1 aromatic heterocycles. The maximum absolute atomic E-state index is 12.5.